The smallest absolute Gasteiger partial charge is 0.246 e. The van der Waals surface area contributed by atoms with Crippen molar-refractivity contribution in [2.45, 2.75) is 26.9 Å². The van der Waals surface area contributed by atoms with Crippen molar-refractivity contribution >= 4 is 17.3 Å². The number of nitrogens with zero attached hydrogens (tertiary/aromatic N) is 2. The second kappa shape index (κ2) is 8.05. The third kappa shape index (κ3) is 3.87. The molecule has 5 nitrogen and oxygen atoms in total. The molecular weight excluding hydrogens is 362 g/mol. The van der Waals surface area contributed by atoms with Gasteiger partial charge < -0.3 is 15.3 Å². The molecule has 2 N–H and O–H groups in total. The van der Waals surface area contributed by atoms with E-state index in [2.05, 4.69) is 10.3 Å². The molecule has 0 bridgehead atoms. The van der Waals surface area contributed by atoms with Gasteiger partial charge in [-0.15, -0.1) is 0 Å². The van der Waals surface area contributed by atoms with Gasteiger partial charge in [-0.1, -0.05) is 30.3 Å². The molecule has 29 heavy (non-hydrogen) atoms. The molecular formula is C24H25N3O2. The van der Waals surface area contributed by atoms with Crippen LogP contribution in [-0.4, -0.2) is 29.1 Å². The quantitative estimate of drug-likeness (QED) is 0.698. The van der Waals surface area contributed by atoms with Gasteiger partial charge in [-0.3, -0.25) is 9.78 Å². The number of carbonyl (C=O) groups is 1. The van der Waals surface area contributed by atoms with Crippen LogP contribution in [0, 0.1) is 13.8 Å². The van der Waals surface area contributed by atoms with Gasteiger partial charge in [-0.2, -0.15) is 0 Å². The molecule has 0 saturated carbocycles. The third-order valence-corrected chi connectivity index (χ3v) is 5.47. The Morgan fingerprint density at radius 1 is 1.17 bits per heavy atom. The normalized spacial score (nSPS) is 12.7. The van der Waals surface area contributed by atoms with E-state index < -0.39 is 0 Å². The molecule has 0 unspecified atom stereocenters. The van der Waals surface area contributed by atoms with Crippen LogP contribution in [0.1, 0.15) is 22.3 Å². The van der Waals surface area contributed by atoms with Gasteiger partial charge in [0.15, 0.2) is 0 Å². The van der Waals surface area contributed by atoms with E-state index in [0.29, 0.717) is 6.54 Å². The van der Waals surface area contributed by atoms with Crippen LogP contribution in [-0.2, 0) is 17.8 Å². The molecule has 0 spiro atoms. The summed E-state index contributed by atoms with van der Waals surface area (Å²) in [7, 11) is 0. The highest BCUT2D eigenvalue weighted by Crippen LogP contribution is 2.31. The van der Waals surface area contributed by atoms with Crippen LogP contribution in [0.4, 0.5) is 11.4 Å². The second-order valence-electron chi connectivity index (χ2n) is 7.47. The number of rotatable bonds is 5. The molecule has 1 aromatic heterocycles. The maximum absolute atomic E-state index is 12.9. The molecule has 0 atom stereocenters. The lowest BCUT2D eigenvalue weighted by Crippen LogP contribution is -2.34. The van der Waals surface area contributed by atoms with Crippen molar-refractivity contribution in [3.63, 3.8) is 0 Å². The van der Waals surface area contributed by atoms with Crippen LogP contribution in [0.15, 0.2) is 54.7 Å². The van der Waals surface area contributed by atoms with Crippen molar-refractivity contribution < 1.29 is 9.90 Å². The Kier molecular flexibility index (Phi) is 5.32. The second-order valence-corrected chi connectivity index (χ2v) is 7.47. The molecule has 5 heteroatoms. The Bertz CT molecular complexity index is 1040. The number of carbonyl (C=O) groups excluding carboxylic acids is 1. The monoisotopic (exact) mass is 387 g/mol. The molecule has 1 aliphatic heterocycles. The van der Waals surface area contributed by atoms with Gasteiger partial charge in [-0.05, 0) is 60.7 Å². The van der Waals surface area contributed by atoms with Crippen LogP contribution in [0.5, 0.6) is 0 Å². The molecule has 1 aliphatic rings. The Morgan fingerprint density at radius 2 is 2.03 bits per heavy atom. The van der Waals surface area contributed by atoms with Crippen LogP contribution in [0.2, 0.25) is 0 Å². The molecule has 1 amide bonds. The van der Waals surface area contributed by atoms with Crippen molar-refractivity contribution in [2.24, 2.45) is 0 Å². The minimum atomic E-state index is 0.00247. The fourth-order valence-electron chi connectivity index (χ4n) is 3.79. The zero-order chi connectivity index (χ0) is 20.4. The maximum Gasteiger partial charge on any atom is 0.246 e. The number of fused-ring (bicyclic) bond motifs is 1. The van der Waals surface area contributed by atoms with Crippen molar-refractivity contribution in [1.82, 2.24) is 4.98 Å². The average molecular weight is 387 g/mol. The summed E-state index contributed by atoms with van der Waals surface area (Å²) in [6.45, 7) is 4.92. The van der Waals surface area contributed by atoms with E-state index in [-0.39, 0.29) is 19.1 Å². The molecule has 0 radical (unpaired) electrons. The standard InChI is InChI=1S/C24H25N3O2/c1-16-6-9-21(25-13-16)18-8-7-17(2)22(12-18)26-14-24(29)27-11-10-20-19(15-28)4-3-5-23(20)27/h3-9,12-13,26,28H,10-11,14-15H2,1-2H3. The molecule has 148 valence electrons. The number of hydrogen-bond donors (Lipinski definition) is 2. The zero-order valence-electron chi connectivity index (χ0n) is 16.8. The minimum Gasteiger partial charge on any atom is -0.392 e. The lowest BCUT2D eigenvalue weighted by Gasteiger charge is -2.19. The van der Waals surface area contributed by atoms with E-state index in [4.69, 9.17) is 0 Å². The number of pyridine rings is 1. The fourth-order valence-corrected chi connectivity index (χ4v) is 3.79. The SMILES string of the molecule is Cc1ccc(-c2ccc(C)c(NCC(=O)N3CCc4c(CO)cccc43)c2)nc1. The van der Waals surface area contributed by atoms with Gasteiger partial charge >= 0.3 is 0 Å². The molecule has 2 heterocycles. The number of anilines is 2. The number of hydrogen-bond acceptors (Lipinski definition) is 4. The van der Waals surface area contributed by atoms with Gasteiger partial charge in [0.25, 0.3) is 0 Å². The number of benzene rings is 2. The first-order chi connectivity index (χ1) is 14.1. The molecule has 4 rings (SSSR count). The van der Waals surface area contributed by atoms with E-state index in [1.54, 1.807) is 0 Å². The Labute approximate surface area is 171 Å². The predicted molar refractivity (Wildman–Crippen MR) is 116 cm³/mol. The van der Waals surface area contributed by atoms with Crippen molar-refractivity contribution in [3.05, 3.63) is 77.0 Å². The van der Waals surface area contributed by atoms with E-state index >= 15 is 0 Å². The van der Waals surface area contributed by atoms with E-state index in [0.717, 1.165) is 51.3 Å². The van der Waals surface area contributed by atoms with Gasteiger partial charge in [0.2, 0.25) is 5.91 Å². The Morgan fingerprint density at radius 3 is 2.79 bits per heavy atom. The lowest BCUT2D eigenvalue weighted by molar-refractivity contribution is -0.116. The van der Waals surface area contributed by atoms with Gasteiger partial charge in [0, 0.05) is 29.7 Å². The van der Waals surface area contributed by atoms with E-state index in [1.165, 1.54) is 0 Å². The van der Waals surface area contributed by atoms with Gasteiger partial charge in [0.1, 0.15) is 0 Å². The number of amides is 1. The first kappa shape index (κ1) is 19.2. The summed E-state index contributed by atoms with van der Waals surface area (Å²) in [5.41, 5.74) is 7.96. The number of nitrogens with one attached hydrogen (secondary N) is 1. The molecule has 0 saturated heterocycles. The highest BCUT2D eigenvalue weighted by atomic mass is 16.3. The van der Waals surface area contributed by atoms with Gasteiger partial charge in [0.05, 0.1) is 18.8 Å². The van der Waals surface area contributed by atoms with Crippen molar-refractivity contribution in [1.29, 1.82) is 0 Å². The van der Waals surface area contributed by atoms with Crippen molar-refractivity contribution in [2.75, 3.05) is 23.3 Å². The summed E-state index contributed by atoms with van der Waals surface area (Å²) in [6, 6.07) is 16.0. The largest absolute Gasteiger partial charge is 0.392 e. The summed E-state index contributed by atoms with van der Waals surface area (Å²) in [5, 5.41) is 12.8. The third-order valence-electron chi connectivity index (χ3n) is 5.47. The van der Waals surface area contributed by atoms with E-state index in [9.17, 15) is 9.90 Å². The first-order valence-corrected chi connectivity index (χ1v) is 9.86. The molecule has 0 aliphatic carbocycles. The van der Waals surface area contributed by atoms with Crippen LogP contribution >= 0.6 is 0 Å². The number of aliphatic hydroxyl groups is 1. The summed E-state index contributed by atoms with van der Waals surface area (Å²) in [5.74, 6) is 0.0251. The van der Waals surface area contributed by atoms with Crippen LogP contribution in [0.25, 0.3) is 11.3 Å². The van der Waals surface area contributed by atoms with Crippen LogP contribution in [0.3, 0.4) is 0 Å². The topological polar surface area (TPSA) is 65.5 Å². The number of aliphatic hydroxyl groups excluding tert-OH is 1. The highest BCUT2D eigenvalue weighted by molar-refractivity contribution is 5.98. The summed E-state index contributed by atoms with van der Waals surface area (Å²) in [6.07, 6.45) is 2.64. The summed E-state index contributed by atoms with van der Waals surface area (Å²) < 4.78 is 0. The number of aromatic nitrogens is 1. The number of aryl methyl sites for hydroxylation is 2. The summed E-state index contributed by atoms with van der Waals surface area (Å²) >= 11 is 0. The first-order valence-electron chi connectivity index (χ1n) is 9.86. The average Bonchev–Trinajstić information content (AvgIpc) is 3.18. The Balaban J connectivity index is 1.49. The Hall–Kier alpha value is -3.18. The fraction of sp³-hybridized carbons (Fsp3) is 0.250. The predicted octanol–water partition coefficient (Wildman–Crippen LogP) is 3.86. The lowest BCUT2D eigenvalue weighted by atomic mass is 10.1. The minimum absolute atomic E-state index is 0.00247. The summed E-state index contributed by atoms with van der Waals surface area (Å²) in [4.78, 5) is 19.2. The highest BCUT2D eigenvalue weighted by Gasteiger charge is 2.26. The zero-order valence-corrected chi connectivity index (χ0v) is 16.8. The van der Waals surface area contributed by atoms with Crippen molar-refractivity contribution in [3.8, 4) is 11.3 Å². The van der Waals surface area contributed by atoms with Gasteiger partial charge in [-0.25, -0.2) is 0 Å². The molecule has 2 aromatic carbocycles. The van der Waals surface area contributed by atoms with E-state index in [1.807, 2.05) is 73.5 Å². The molecule has 3 aromatic rings. The maximum atomic E-state index is 12.9. The molecule has 0 fully saturated rings. The van der Waals surface area contributed by atoms with Crippen LogP contribution < -0.4 is 10.2 Å².